The number of aryl methyl sites for hydroxylation is 2. The summed E-state index contributed by atoms with van der Waals surface area (Å²) in [6.45, 7) is 5.19. The summed E-state index contributed by atoms with van der Waals surface area (Å²) in [6, 6.07) is 9.97. The molecule has 1 aliphatic rings. The van der Waals surface area contributed by atoms with Crippen molar-refractivity contribution in [1.29, 1.82) is 0 Å². The van der Waals surface area contributed by atoms with Crippen LogP contribution >= 0.6 is 0 Å². The standard InChI is InChI=1S/C21H24N6O/c1-15-12-16(2)27(25-15)20-6-5-17(13-23-20)14-24-21(28)26-11-3-4-19(26)18-7-9-22-10-8-18/h5-10,12-13,19H,3-4,11,14H2,1-2H3,(H,24,28). The fourth-order valence-corrected chi connectivity index (χ4v) is 3.73. The number of hydrogen-bond acceptors (Lipinski definition) is 4. The number of rotatable bonds is 4. The Labute approximate surface area is 164 Å². The lowest BCUT2D eigenvalue weighted by Gasteiger charge is -2.25. The first-order chi connectivity index (χ1) is 13.6. The smallest absolute Gasteiger partial charge is 0.318 e. The fraction of sp³-hybridized carbons (Fsp3) is 0.333. The van der Waals surface area contributed by atoms with Gasteiger partial charge in [-0.05, 0) is 62.1 Å². The largest absolute Gasteiger partial charge is 0.334 e. The minimum atomic E-state index is -0.0399. The molecule has 7 heteroatoms. The summed E-state index contributed by atoms with van der Waals surface area (Å²) in [6.07, 6.45) is 7.34. The van der Waals surface area contributed by atoms with Gasteiger partial charge in [0.1, 0.15) is 0 Å². The summed E-state index contributed by atoms with van der Waals surface area (Å²) in [7, 11) is 0. The molecule has 1 aliphatic heterocycles. The van der Waals surface area contributed by atoms with Gasteiger partial charge < -0.3 is 10.2 Å². The molecule has 3 aromatic heterocycles. The molecule has 0 saturated carbocycles. The second-order valence-corrected chi connectivity index (χ2v) is 7.15. The van der Waals surface area contributed by atoms with Gasteiger partial charge in [-0.2, -0.15) is 5.10 Å². The predicted molar refractivity (Wildman–Crippen MR) is 106 cm³/mol. The molecule has 2 amide bonds. The van der Waals surface area contributed by atoms with Gasteiger partial charge in [-0.1, -0.05) is 6.07 Å². The third-order valence-corrected chi connectivity index (χ3v) is 5.08. The van der Waals surface area contributed by atoms with E-state index in [-0.39, 0.29) is 12.1 Å². The Hall–Kier alpha value is -3.22. The van der Waals surface area contributed by atoms with E-state index < -0.39 is 0 Å². The molecule has 1 atom stereocenters. The van der Waals surface area contributed by atoms with Crippen molar-refractivity contribution in [2.24, 2.45) is 0 Å². The molecule has 1 unspecified atom stereocenters. The van der Waals surface area contributed by atoms with Crippen LogP contribution in [0.5, 0.6) is 0 Å². The van der Waals surface area contributed by atoms with E-state index in [2.05, 4.69) is 20.4 Å². The molecule has 0 spiro atoms. The topological polar surface area (TPSA) is 75.9 Å². The van der Waals surface area contributed by atoms with Crippen LogP contribution in [0.1, 0.15) is 41.4 Å². The molecule has 3 aromatic rings. The number of urea groups is 1. The minimum absolute atomic E-state index is 0.0399. The molecule has 28 heavy (non-hydrogen) atoms. The lowest BCUT2D eigenvalue weighted by atomic mass is 10.1. The molecular weight excluding hydrogens is 352 g/mol. The summed E-state index contributed by atoms with van der Waals surface area (Å²) in [5.41, 5.74) is 4.10. The average molecular weight is 376 g/mol. The van der Waals surface area contributed by atoms with Crippen LogP contribution in [0.4, 0.5) is 4.79 Å². The number of carbonyl (C=O) groups excluding carboxylic acids is 1. The summed E-state index contributed by atoms with van der Waals surface area (Å²) in [4.78, 5) is 23.2. The van der Waals surface area contributed by atoms with E-state index in [1.807, 2.05) is 53.8 Å². The summed E-state index contributed by atoms with van der Waals surface area (Å²) in [5.74, 6) is 0.776. The van der Waals surface area contributed by atoms with Crippen molar-refractivity contribution in [1.82, 2.24) is 30.0 Å². The van der Waals surface area contributed by atoms with Crippen LogP contribution in [0.2, 0.25) is 0 Å². The van der Waals surface area contributed by atoms with Crippen molar-refractivity contribution >= 4 is 6.03 Å². The lowest BCUT2D eigenvalue weighted by molar-refractivity contribution is 0.192. The second kappa shape index (κ2) is 7.80. The molecule has 4 rings (SSSR count). The molecule has 0 aromatic carbocycles. The molecule has 7 nitrogen and oxygen atoms in total. The SMILES string of the molecule is Cc1cc(C)n(-c2ccc(CNC(=O)N3CCCC3c3ccncc3)cn2)n1. The van der Waals surface area contributed by atoms with Crippen LogP contribution in [0, 0.1) is 13.8 Å². The second-order valence-electron chi connectivity index (χ2n) is 7.15. The molecule has 1 N–H and O–H groups in total. The van der Waals surface area contributed by atoms with E-state index in [1.54, 1.807) is 18.6 Å². The van der Waals surface area contributed by atoms with E-state index in [4.69, 9.17) is 0 Å². The van der Waals surface area contributed by atoms with Crippen LogP contribution in [0.3, 0.4) is 0 Å². The maximum Gasteiger partial charge on any atom is 0.318 e. The van der Waals surface area contributed by atoms with E-state index in [0.717, 1.165) is 47.7 Å². The van der Waals surface area contributed by atoms with Crippen LogP contribution in [-0.4, -0.2) is 37.2 Å². The number of pyridine rings is 2. The maximum atomic E-state index is 12.7. The highest BCUT2D eigenvalue weighted by Gasteiger charge is 2.29. The molecule has 1 saturated heterocycles. The van der Waals surface area contributed by atoms with E-state index in [1.165, 1.54) is 0 Å². The number of nitrogens with one attached hydrogen (secondary N) is 1. The summed E-state index contributed by atoms with van der Waals surface area (Å²) >= 11 is 0. The van der Waals surface area contributed by atoms with Crippen LogP contribution in [0.15, 0.2) is 48.9 Å². The van der Waals surface area contributed by atoms with Crippen molar-refractivity contribution < 1.29 is 4.79 Å². The maximum absolute atomic E-state index is 12.7. The van der Waals surface area contributed by atoms with E-state index in [0.29, 0.717) is 6.54 Å². The Morgan fingerprint density at radius 2 is 2.04 bits per heavy atom. The first-order valence-electron chi connectivity index (χ1n) is 9.55. The molecule has 4 heterocycles. The fourth-order valence-electron chi connectivity index (χ4n) is 3.73. The Morgan fingerprint density at radius 1 is 1.21 bits per heavy atom. The predicted octanol–water partition coefficient (Wildman–Crippen LogP) is 3.33. The first kappa shape index (κ1) is 18.2. The van der Waals surface area contributed by atoms with Crippen LogP contribution in [-0.2, 0) is 6.54 Å². The highest BCUT2D eigenvalue weighted by atomic mass is 16.2. The zero-order valence-electron chi connectivity index (χ0n) is 16.2. The Bertz CT molecular complexity index is 951. The van der Waals surface area contributed by atoms with Gasteiger partial charge in [-0.15, -0.1) is 0 Å². The van der Waals surface area contributed by atoms with E-state index in [9.17, 15) is 4.79 Å². The molecule has 144 valence electrons. The number of carbonyl (C=O) groups is 1. The zero-order valence-corrected chi connectivity index (χ0v) is 16.2. The minimum Gasteiger partial charge on any atom is -0.334 e. The highest BCUT2D eigenvalue weighted by molar-refractivity contribution is 5.75. The van der Waals surface area contributed by atoms with Crippen molar-refractivity contribution in [3.05, 3.63) is 71.4 Å². The van der Waals surface area contributed by atoms with Crippen molar-refractivity contribution in [2.75, 3.05) is 6.54 Å². The van der Waals surface area contributed by atoms with Gasteiger partial charge in [0.05, 0.1) is 11.7 Å². The number of likely N-dealkylation sites (tertiary alicyclic amines) is 1. The summed E-state index contributed by atoms with van der Waals surface area (Å²) in [5, 5.41) is 7.47. The Balaban J connectivity index is 1.39. The van der Waals surface area contributed by atoms with Crippen molar-refractivity contribution in [3.8, 4) is 5.82 Å². The van der Waals surface area contributed by atoms with Crippen LogP contribution in [0.25, 0.3) is 5.82 Å². The average Bonchev–Trinajstić information content (AvgIpc) is 3.33. The molecule has 0 radical (unpaired) electrons. The molecule has 0 bridgehead atoms. The molecule has 0 aliphatic carbocycles. The monoisotopic (exact) mass is 376 g/mol. The quantitative estimate of drug-likeness (QED) is 0.758. The molecular formula is C21H24N6O. The van der Waals surface area contributed by atoms with Gasteiger partial charge in [0.25, 0.3) is 0 Å². The highest BCUT2D eigenvalue weighted by Crippen LogP contribution is 2.31. The third-order valence-electron chi connectivity index (χ3n) is 5.08. The normalized spacial score (nSPS) is 16.4. The van der Waals surface area contributed by atoms with Crippen LogP contribution < -0.4 is 5.32 Å². The number of aromatic nitrogens is 4. The van der Waals surface area contributed by atoms with Gasteiger partial charge in [0.15, 0.2) is 5.82 Å². The van der Waals surface area contributed by atoms with E-state index >= 15 is 0 Å². The third kappa shape index (κ3) is 3.74. The van der Waals surface area contributed by atoms with Gasteiger partial charge in [-0.3, -0.25) is 4.98 Å². The van der Waals surface area contributed by atoms with Gasteiger partial charge in [0, 0.05) is 37.4 Å². The molecule has 1 fully saturated rings. The van der Waals surface area contributed by atoms with Crippen molar-refractivity contribution in [3.63, 3.8) is 0 Å². The number of amides is 2. The van der Waals surface area contributed by atoms with Crippen molar-refractivity contribution in [2.45, 2.75) is 39.3 Å². The Kier molecular flexibility index (Phi) is 5.06. The van der Waals surface area contributed by atoms with Gasteiger partial charge in [0.2, 0.25) is 0 Å². The van der Waals surface area contributed by atoms with Gasteiger partial charge >= 0.3 is 6.03 Å². The van der Waals surface area contributed by atoms with Gasteiger partial charge in [-0.25, -0.2) is 14.5 Å². The lowest BCUT2D eigenvalue weighted by Crippen LogP contribution is -2.39. The number of hydrogen-bond donors (Lipinski definition) is 1. The zero-order chi connectivity index (χ0) is 19.5. The Morgan fingerprint density at radius 3 is 2.71 bits per heavy atom. The summed E-state index contributed by atoms with van der Waals surface area (Å²) < 4.78 is 1.82. The first-order valence-corrected chi connectivity index (χ1v) is 9.55. The number of nitrogens with zero attached hydrogens (tertiary/aromatic N) is 5.